The Balaban J connectivity index is 3.19. The maximum Gasteiger partial charge on any atom is 0.573 e. The van der Waals surface area contributed by atoms with Gasteiger partial charge >= 0.3 is 6.36 Å². The lowest BCUT2D eigenvalue weighted by Crippen LogP contribution is -2.18. The number of hydrogen-bond donors (Lipinski definition) is 0. The Bertz CT molecular complexity index is 465. The minimum atomic E-state index is -4.93. The molecule has 0 aromatic heterocycles. The Morgan fingerprint density at radius 1 is 1.44 bits per heavy atom. The molecule has 0 bridgehead atoms. The summed E-state index contributed by atoms with van der Waals surface area (Å²) >= 11 is 5.08. The third-order valence-electron chi connectivity index (χ3n) is 1.55. The van der Waals surface area contributed by atoms with E-state index in [1.165, 1.54) is 6.07 Å². The fourth-order valence-electron chi connectivity index (χ4n) is 0.946. The monoisotopic (exact) mass is 249 g/mol. The number of ether oxygens (including phenoxy) is 1. The van der Waals surface area contributed by atoms with E-state index in [1.54, 1.807) is 0 Å². The number of nitrogens with zero attached hydrogens (tertiary/aromatic N) is 1. The average Bonchev–Trinajstić information content (AvgIpc) is 2.15. The first-order valence-corrected chi connectivity index (χ1v) is 4.21. The van der Waals surface area contributed by atoms with Gasteiger partial charge in [0.1, 0.15) is 11.8 Å². The zero-order valence-corrected chi connectivity index (χ0v) is 8.26. The minimum absolute atomic E-state index is 0.181. The van der Waals surface area contributed by atoms with Gasteiger partial charge in [-0.1, -0.05) is 0 Å². The molecule has 0 unspecified atom stereocenters. The van der Waals surface area contributed by atoms with Crippen LogP contribution in [0.5, 0.6) is 5.75 Å². The van der Waals surface area contributed by atoms with Crippen LogP contribution in [0.3, 0.4) is 0 Å². The first kappa shape index (κ1) is 12.3. The number of alkyl halides is 3. The summed E-state index contributed by atoms with van der Waals surface area (Å²) in [6, 6.07) is 4.43. The normalized spacial score (nSPS) is 10.7. The SMILES string of the molecule is N#Cc1ccc(C(=O)Cl)cc1OC(F)(F)F. The summed E-state index contributed by atoms with van der Waals surface area (Å²) in [6.45, 7) is 0. The summed E-state index contributed by atoms with van der Waals surface area (Å²) in [5, 5.41) is 7.60. The van der Waals surface area contributed by atoms with Crippen LogP contribution in [0.15, 0.2) is 18.2 Å². The molecule has 0 spiro atoms. The number of carbonyl (C=O) groups is 1. The molecule has 0 saturated carbocycles. The van der Waals surface area contributed by atoms with Gasteiger partial charge in [0.05, 0.1) is 5.56 Å². The Labute approximate surface area is 93.0 Å². The lowest BCUT2D eigenvalue weighted by Gasteiger charge is -2.10. The highest BCUT2D eigenvalue weighted by atomic mass is 35.5. The van der Waals surface area contributed by atoms with Gasteiger partial charge in [0, 0.05) is 5.56 Å². The van der Waals surface area contributed by atoms with Crippen LogP contribution < -0.4 is 4.74 Å². The molecule has 0 heterocycles. The van der Waals surface area contributed by atoms with Crippen LogP contribution in [0.1, 0.15) is 15.9 Å². The van der Waals surface area contributed by atoms with Gasteiger partial charge in [-0.2, -0.15) is 5.26 Å². The van der Waals surface area contributed by atoms with Crippen molar-refractivity contribution in [2.45, 2.75) is 6.36 Å². The Morgan fingerprint density at radius 3 is 2.50 bits per heavy atom. The molecule has 1 aromatic rings. The van der Waals surface area contributed by atoms with Crippen LogP contribution in [0.4, 0.5) is 13.2 Å². The van der Waals surface area contributed by atoms with Crippen molar-refractivity contribution < 1.29 is 22.7 Å². The molecule has 1 rings (SSSR count). The number of benzene rings is 1. The van der Waals surface area contributed by atoms with E-state index < -0.39 is 17.4 Å². The number of halogens is 4. The third kappa shape index (κ3) is 3.14. The zero-order valence-electron chi connectivity index (χ0n) is 7.51. The summed E-state index contributed by atoms with van der Waals surface area (Å²) in [4.78, 5) is 10.7. The molecule has 7 heteroatoms. The van der Waals surface area contributed by atoms with Crippen LogP contribution in [0.2, 0.25) is 0 Å². The molecule has 0 radical (unpaired) electrons. The van der Waals surface area contributed by atoms with Crippen molar-refractivity contribution in [3.63, 3.8) is 0 Å². The van der Waals surface area contributed by atoms with E-state index in [2.05, 4.69) is 4.74 Å². The lowest BCUT2D eigenvalue weighted by molar-refractivity contribution is -0.274. The second-order valence-corrected chi connectivity index (χ2v) is 2.99. The van der Waals surface area contributed by atoms with E-state index >= 15 is 0 Å². The van der Waals surface area contributed by atoms with E-state index in [4.69, 9.17) is 16.9 Å². The van der Waals surface area contributed by atoms with E-state index in [9.17, 15) is 18.0 Å². The fraction of sp³-hybridized carbons (Fsp3) is 0.111. The van der Waals surface area contributed by atoms with Crippen LogP contribution in [0.25, 0.3) is 0 Å². The van der Waals surface area contributed by atoms with Gasteiger partial charge in [0.15, 0.2) is 0 Å². The van der Waals surface area contributed by atoms with Gasteiger partial charge in [-0.25, -0.2) is 0 Å². The molecular formula is C9H3ClF3NO2. The molecule has 0 saturated heterocycles. The molecule has 0 aliphatic heterocycles. The second kappa shape index (κ2) is 4.41. The average molecular weight is 250 g/mol. The van der Waals surface area contributed by atoms with Crippen molar-refractivity contribution >= 4 is 16.8 Å². The molecule has 3 nitrogen and oxygen atoms in total. The molecule has 1 aromatic carbocycles. The van der Waals surface area contributed by atoms with Crippen LogP contribution >= 0.6 is 11.6 Å². The highest BCUT2D eigenvalue weighted by molar-refractivity contribution is 6.67. The summed E-state index contributed by atoms with van der Waals surface area (Å²) < 4.78 is 39.4. The van der Waals surface area contributed by atoms with Crippen LogP contribution in [-0.4, -0.2) is 11.6 Å². The molecule has 0 aliphatic carbocycles. The smallest absolute Gasteiger partial charge is 0.404 e. The second-order valence-electron chi connectivity index (χ2n) is 2.64. The summed E-state index contributed by atoms with van der Waals surface area (Å²) in [7, 11) is 0. The van der Waals surface area contributed by atoms with Gasteiger partial charge in [-0.15, -0.1) is 13.2 Å². The van der Waals surface area contributed by atoms with Crippen molar-refractivity contribution in [3.8, 4) is 11.8 Å². The molecule has 0 aliphatic rings. The summed E-state index contributed by atoms with van der Waals surface area (Å²) in [5.74, 6) is -0.749. The third-order valence-corrected chi connectivity index (χ3v) is 1.77. The fourth-order valence-corrected chi connectivity index (χ4v) is 1.06. The van der Waals surface area contributed by atoms with Crippen molar-refractivity contribution in [1.82, 2.24) is 0 Å². The van der Waals surface area contributed by atoms with E-state index in [0.29, 0.717) is 0 Å². The lowest BCUT2D eigenvalue weighted by atomic mass is 10.1. The maximum absolute atomic E-state index is 11.9. The van der Waals surface area contributed by atoms with Crippen LogP contribution in [0, 0.1) is 11.3 Å². The van der Waals surface area contributed by atoms with Crippen molar-refractivity contribution in [3.05, 3.63) is 29.3 Å². The Hall–Kier alpha value is -1.74. The molecule has 84 valence electrons. The molecule has 16 heavy (non-hydrogen) atoms. The topological polar surface area (TPSA) is 50.1 Å². The van der Waals surface area contributed by atoms with E-state index in [-0.39, 0.29) is 11.1 Å². The van der Waals surface area contributed by atoms with Crippen molar-refractivity contribution in [2.24, 2.45) is 0 Å². The molecule has 0 atom stereocenters. The van der Waals surface area contributed by atoms with Gasteiger partial charge in [0.25, 0.3) is 5.24 Å². The number of nitriles is 1. The van der Waals surface area contributed by atoms with Crippen molar-refractivity contribution in [2.75, 3.05) is 0 Å². The molecule has 0 N–H and O–H groups in total. The first-order chi connectivity index (χ1) is 7.33. The highest BCUT2D eigenvalue weighted by Gasteiger charge is 2.32. The van der Waals surface area contributed by atoms with Gasteiger partial charge in [0.2, 0.25) is 0 Å². The summed E-state index contributed by atoms with van der Waals surface area (Å²) in [6.07, 6.45) is -4.93. The predicted molar refractivity (Wildman–Crippen MR) is 48.0 cm³/mol. The van der Waals surface area contributed by atoms with Crippen LogP contribution in [-0.2, 0) is 0 Å². The Kier molecular flexibility index (Phi) is 3.40. The van der Waals surface area contributed by atoms with E-state index in [0.717, 1.165) is 18.2 Å². The molecule has 0 fully saturated rings. The number of carbonyl (C=O) groups excluding carboxylic acids is 1. The standard InChI is InChI=1S/C9H3ClF3NO2/c10-8(15)5-1-2-6(4-14)7(3-5)16-9(11,12)13/h1-3H. The minimum Gasteiger partial charge on any atom is -0.404 e. The Morgan fingerprint density at radius 2 is 2.06 bits per heavy atom. The van der Waals surface area contributed by atoms with Gasteiger partial charge < -0.3 is 4.74 Å². The number of hydrogen-bond acceptors (Lipinski definition) is 3. The molecule has 0 amide bonds. The largest absolute Gasteiger partial charge is 0.573 e. The predicted octanol–water partition coefficient (Wildman–Crippen LogP) is 2.84. The maximum atomic E-state index is 11.9. The highest BCUT2D eigenvalue weighted by Crippen LogP contribution is 2.27. The van der Waals surface area contributed by atoms with E-state index in [1.807, 2.05) is 0 Å². The van der Waals surface area contributed by atoms with Crippen molar-refractivity contribution in [1.29, 1.82) is 5.26 Å². The zero-order chi connectivity index (χ0) is 12.3. The summed E-state index contributed by atoms with van der Waals surface area (Å²) in [5.41, 5.74) is -0.515. The number of rotatable bonds is 2. The molecular weight excluding hydrogens is 247 g/mol. The first-order valence-electron chi connectivity index (χ1n) is 3.83. The quantitative estimate of drug-likeness (QED) is 0.757. The van der Waals surface area contributed by atoms with Gasteiger partial charge in [-0.3, -0.25) is 4.79 Å². The van der Waals surface area contributed by atoms with Gasteiger partial charge in [-0.05, 0) is 29.8 Å².